The van der Waals surface area contributed by atoms with Gasteiger partial charge in [-0.1, -0.05) is 17.7 Å². The van der Waals surface area contributed by atoms with Crippen molar-refractivity contribution in [2.45, 2.75) is 12.8 Å². The lowest BCUT2D eigenvalue weighted by molar-refractivity contribution is -0.125. The molecule has 1 amide bonds. The van der Waals surface area contributed by atoms with E-state index in [-0.39, 0.29) is 10.9 Å². The first kappa shape index (κ1) is 25.7. The van der Waals surface area contributed by atoms with Gasteiger partial charge in [-0.2, -0.15) is 0 Å². The number of fused-ring (bicyclic) bond motifs is 1. The Hall–Kier alpha value is -3.43. The topological polar surface area (TPSA) is 88.6 Å². The monoisotopic (exact) mass is 513 g/mol. The highest BCUT2D eigenvalue weighted by molar-refractivity contribution is 6.31. The minimum absolute atomic E-state index is 0.0191. The first-order valence-corrected chi connectivity index (χ1v) is 12.1. The van der Waals surface area contributed by atoms with Gasteiger partial charge in [-0.3, -0.25) is 4.79 Å². The number of aromatic nitrogens is 2. The Bertz CT molecular complexity index is 1250. The molecule has 0 saturated heterocycles. The molecule has 1 aromatic heterocycles. The van der Waals surface area contributed by atoms with E-state index in [1.54, 1.807) is 31.2 Å². The molecule has 10 heteroatoms. The molecular formula is C26H29ClFN5O3. The van der Waals surface area contributed by atoms with Crippen molar-refractivity contribution >= 4 is 45.6 Å². The maximum Gasteiger partial charge on any atom is 0.246 e. The number of methoxy groups -OCH3 is 1. The molecule has 1 saturated carbocycles. The van der Waals surface area contributed by atoms with Crippen LogP contribution in [-0.4, -0.2) is 61.2 Å². The van der Waals surface area contributed by atoms with Crippen LogP contribution in [0.25, 0.3) is 10.9 Å². The van der Waals surface area contributed by atoms with Crippen LogP contribution in [0.2, 0.25) is 5.02 Å². The number of ether oxygens (including phenoxy) is 2. The largest absolute Gasteiger partial charge is 0.491 e. The van der Waals surface area contributed by atoms with Crippen LogP contribution in [-0.2, 0) is 9.53 Å². The molecule has 0 spiro atoms. The summed E-state index contributed by atoms with van der Waals surface area (Å²) in [6.07, 6.45) is 7.11. The first-order chi connectivity index (χ1) is 17.4. The summed E-state index contributed by atoms with van der Waals surface area (Å²) in [6, 6.07) is 8.17. The first-order valence-electron chi connectivity index (χ1n) is 11.7. The van der Waals surface area contributed by atoms with Crippen molar-refractivity contribution in [3.05, 3.63) is 59.7 Å². The van der Waals surface area contributed by atoms with E-state index in [1.165, 1.54) is 37.4 Å². The summed E-state index contributed by atoms with van der Waals surface area (Å²) in [6.45, 7) is 2.06. The molecule has 8 nitrogen and oxygen atoms in total. The summed E-state index contributed by atoms with van der Waals surface area (Å²) >= 11 is 5.93. The third kappa shape index (κ3) is 6.83. The van der Waals surface area contributed by atoms with Crippen LogP contribution in [0.3, 0.4) is 0 Å². The van der Waals surface area contributed by atoms with E-state index >= 15 is 0 Å². The van der Waals surface area contributed by atoms with Crippen LogP contribution in [0, 0.1) is 11.7 Å². The number of anilines is 3. The van der Waals surface area contributed by atoms with Gasteiger partial charge in [0.1, 0.15) is 23.7 Å². The van der Waals surface area contributed by atoms with Crippen LogP contribution < -0.4 is 15.4 Å². The number of likely N-dealkylation sites (N-methyl/N-ethyl adjacent to an activating group) is 1. The lowest BCUT2D eigenvalue weighted by Gasteiger charge is -2.16. The van der Waals surface area contributed by atoms with Gasteiger partial charge < -0.3 is 25.0 Å². The van der Waals surface area contributed by atoms with Gasteiger partial charge in [0.2, 0.25) is 5.91 Å². The maximum atomic E-state index is 13.6. The van der Waals surface area contributed by atoms with Crippen molar-refractivity contribution < 1.29 is 18.7 Å². The summed E-state index contributed by atoms with van der Waals surface area (Å²) in [5.41, 5.74) is 2.05. The molecule has 1 aliphatic rings. The zero-order valence-electron chi connectivity index (χ0n) is 20.3. The number of nitrogens with zero attached hydrogens (tertiary/aromatic N) is 3. The fourth-order valence-corrected chi connectivity index (χ4v) is 3.62. The predicted octanol–water partition coefficient (Wildman–Crippen LogP) is 5.03. The van der Waals surface area contributed by atoms with Crippen LogP contribution in [0.15, 0.2) is 48.8 Å². The Morgan fingerprint density at radius 3 is 2.86 bits per heavy atom. The summed E-state index contributed by atoms with van der Waals surface area (Å²) < 4.78 is 24.7. The van der Waals surface area contributed by atoms with Gasteiger partial charge in [-0.05, 0) is 43.0 Å². The Kier molecular flexibility index (Phi) is 8.56. The summed E-state index contributed by atoms with van der Waals surface area (Å²) in [5.74, 6) is 1.22. The van der Waals surface area contributed by atoms with Gasteiger partial charge in [0.25, 0.3) is 0 Å². The maximum absolute atomic E-state index is 13.6. The standard InChI is InChI=1S/C26H29ClFN5O3/c1-33(10-11-35-2)25(34)4-3-9-29-23-13-19-22(14-24(23)36-15-17-5-6-17)30-16-31-26(19)32-18-7-8-21(28)20(27)12-18/h3-4,7-8,12-14,16-17,29H,5-6,9-11,15H2,1-2H3,(H,30,31,32). The molecule has 1 aliphatic carbocycles. The number of hydrogen-bond donors (Lipinski definition) is 2. The van der Waals surface area contributed by atoms with E-state index in [9.17, 15) is 9.18 Å². The van der Waals surface area contributed by atoms with Crippen molar-refractivity contribution in [3.63, 3.8) is 0 Å². The van der Waals surface area contributed by atoms with E-state index in [1.807, 2.05) is 12.1 Å². The lowest BCUT2D eigenvalue weighted by atomic mass is 10.1. The van der Waals surface area contributed by atoms with Gasteiger partial charge in [-0.15, -0.1) is 0 Å². The predicted molar refractivity (Wildman–Crippen MR) is 140 cm³/mol. The summed E-state index contributed by atoms with van der Waals surface area (Å²) in [4.78, 5) is 22.6. The van der Waals surface area contributed by atoms with Crippen molar-refractivity contribution in [2.75, 3.05) is 51.1 Å². The van der Waals surface area contributed by atoms with E-state index in [4.69, 9.17) is 21.1 Å². The van der Waals surface area contributed by atoms with Gasteiger partial charge in [0, 0.05) is 50.5 Å². The number of carbonyl (C=O) groups excluding carboxylic acids is 1. The van der Waals surface area contributed by atoms with Gasteiger partial charge >= 0.3 is 0 Å². The van der Waals surface area contributed by atoms with Gasteiger partial charge in [0.15, 0.2) is 0 Å². The SMILES string of the molecule is COCCN(C)C(=O)C=CCNc1cc2c(Nc3ccc(F)c(Cl)c3)ncnc2cc1OCC1CC1. The molecule has 0 atom stereocenters. The lowest BCUT2D eigenvalue weighted by Crippen LogP contribution is -2.28. The molecule has 1 heterocycles. The fourth-order valence-electron chi connectivity index (χ4n) is 3.44. The van der Waals surface area contributed by atoms with E-state index < -0.39 is 5.82 Å². The number of carbonyl (C=O) groups is 1. The zero-order valence-corrected chi connectivity index (χ0v) is 21.0. The minimum atomic E-state index is -0.491. The van der Waals surface area contributed by atoms with Crippen molar-refractivity contribution in [1.29, 1.82) is 0 Å². The van der Waals surface area contributed by atoms with Gasteiger partial charge in [-0.25, -0.2) is 14.4 Å². The van der Waals surface area contributed by atoms with Crippen LogP contribution >= 0.6 is 11.6 Å². The highest BCUT2D eigenvalue weighted by Crippen LogP contribution is 2.36. The van der Waals surface area contributed by atoms with Crippen LogP contribution in [0.1, 0.15) is 12.8 Å². The number of benzene rings is 2. The van der Waals surface area contributed by atoms with Crippen molar-refractivity contribution in [2.24, 2.45) is 5.92 Å². The number of halogens is 2. The third-order valence-corrected chi connectivity index (χ3v) is 6.06. The van der Waals surface area contributed by atoms with Crippen LogP contribution in [0.4, 0.5) is 21.6 Å². The molecule has 190 valence electrons. The molecule has 1 fully saturated rings. The minimum Gasteiger partial charge on any atom is -0.491 e. The average molecular weight is 514 g/mol. The number of hydrogen-bond acceptors (Lipinski definition) is 7. The second kappa shape index (κ2) is 12.0. The van der Waals surface area contributed by atoms with Gasteiger partial charge in [0.05, 0.1) is 29.4 Å². The number of rotatable bonds is 12. The quantitative estimate of drug-likeness (QED) is 0.328. The molecule has 36 heavy (non-hydrogen) atoms. The normalized spacial score (nSPS) is 13.2. The van der Waals surface area contributed by atoms with Crippen molar-refractivity contribution in [3.8, 4) is 5.75 Å². The molecule has 2 N–H and O–H groups in total. The molecule has 0 aliphatic heterocycles. The summed E-state index contributed by atoms with van der Waals surface area (Å²) in [5, 5.41) is 7.29. The second-order valence-electron chi connectivity index (χ2n) is 8.63. The smallest absolute Gasteiger partial charge is 0.246 e. The Morgan fingerprint density at radius 1 is 1.28 bits per heavy atom. The average Bonchev–Trinajstić information content (AvgIpc) is 3.70. The molecule has 3 aromatic rings. The number of amides is 1. The van der Waals surface area contributed by atoms with E-state index in [0.717, 1.165) is 11.1 Å². The van der Waals surface area contributed by atoms with E-state index in [2.05, 4.69) is 20.6 Å². The van der Waals surface area contributed by atoms with E-state index in [0.29, 0.717) is 55.0 Å². The van der Waals surface area contributed by atoms with Crippen LogP contribution in [0.5, 0.6) is 5.75 Å². The number of nitrogens with one attached hydrogen (secondary N) is 2. The molecule has 0 radical (unpaired) electrons. The van der Waals surface area contributed by atoms with Crippen molar-refractivity contribution in [1.82, 2.24) is 14.9 Å². The Labute approximate surface area is 214 Å². The zero-order chi connectivity index (χ0) is 25.5. The summed E-state index contributed by atoms with van der Waals surface area (Å²) in [7, 11) is 3.33. The Balaban J connectivity index is 1.55. The fraction of sp³-hybridized carbons (Fsp3) is 0.346. The highest BCUT2D eigenvalue weighted by atomic mass is 35.5. The third-order valence-electron chi connectivity index (χ3n) is 5.77. The Morgan fingerprint density at radius 2 is 2.11 bits per heavy atom. The molecular weight excluding hydrogens is 485 g/mol. The molecule has 0 bridgehead atoms. The highest BCUT2D eigenvalue weighted by Gasteiger charge is 2.23. The molecule has 4 rings (SSSR count). The molecule has 2 aromatic carbocycles. The molecule has 0 unspecified atom stereocenters. The second-order valence-corrected chi connectivity index (χ2v) is 9.04.